The van der Waals surface area contributed by atoms with Crippen LogP contribution in [0.5, 0.6) is 0 Å². The summed E-state index contributed by atoms with van der Waals surface area (Å²) in [6.45, 7) is 2.55. The number of benzene rings is 1. The highest BCUT2D eigenvalue weighted by Gasteiger charge is 2.24. The van der Waals surface area contributed by atoms with E-state index in [4.69, 9.17) is 22.1 Å². The maximum Gasteiger partial charge on any atom is 0.0744 e. The average molecular weight is 198 g/mol. The van der Waals surface area contributed by atoms with Crippen molar-refractivity contribution in [1.29, 1.82) is 0 Å². The molecule has 0 saturated heterocycles. The van der Waals surface area contributed by atoms with Crippen molar-refractivity contribution in [1.82, 2.24) is 0 Å². The second-order valence-corrected chi connectivity index (χ2v) is 3.76. The fraction of sp³-hybridized carbons (Fsp3) is 0.400. The van der Waals surface area contributed by atoms with E-state index in [1.54, 1.807) is 0 Å². The SMILES string of the molecule is C[C@H]1OCc2c(Cl)cccc2[C@@H]1N. The molecule has 0 amide bonds. The number of hydrogen-bond donors (Lipinski definition) is 1. The Labute approximate surface area is 82.6 Å². The van der Waals surface area contributed by atoms with Gasteiger partial charge in [0.2, 0.25) is 0 Å². The van der Waals surface area contributed by atoms with Crippen molar-refractivity contribution in [2.24, 2.45) is 5.73 Å². The molecule has 0 aliphatic carbocycles. The van der Waals surface area contributed by atoms with Gasteiger partial charge in [0.15, 0.2) is 0 Å². The molecule has 0 bridgehead atoms. The Balaban J connectivity index is 2.49. The van der Waals surface area contributed by atoms with E-state index < -0.39 is 0 Å². The molecule has 2 nitrogen and oxygen atoms in total. The first-order valence-electron chi connectivity index (χ1n) is 4.34. The lowest BCUT2D eigenvalue weighted by molar-refractivity contribution is 0.0214. The van der Waals surface area contributed by atoms with Gasteiger partial charge in [-0.3, -0.25) is 0 Å². The standard InChI is InChI=1S/C10H12ClNO/c1-6-10(12)7-3-2-4-9(11)8(7)5-13-6/h2-4,6,10H,5,12H2,1H3/t6-,10-/m1/s1. The third-order valence-electron chi connectivity index (χ3n) is 2.51. The summed E-state index contributed by atoms with van der Waals surface area (Å²) in [5.41, 5.74) is 8.13. The zero-order valence-corrected chi connectivity index (χ0v) is 8.21. The molecule has 0 spiro atoms. The van der Waals surface area contributed by atoms with Gasteiger partial charge < -0.3 is 10.5 Å². The molecule has 1 aromatic carbocycles. The number of fused-ring (bicyclic) bond motifs is 1. The molecular weight excluding hydrogens is 186 g/mol. The summed E-state index contributed by atoms with van der Waals surface area (Å²) < 4.78 is 5.49. The molecule has 2 atom stereocenters. The van der Waals surface area contributed by atoms with Gasteiger partial charge in [0.25, 0.3) is 0 Å². The summed E-state index contributed by atoms with van der Waals surface area (Å²) in [5.74, 6) is 0. The first-order valence-corrected chi connectivity index (χ1v) is 4.72. The van der Waals surface area contributed by atoms with Crippen LogP contribution < -0.4 is 5.73 Å². The van der Waals surface area contributed by atoms with Crippen molar-refractivity contribution < 1.29 is 4.74 Å². The number of ether oxygens (including phenoxy) is 1. The first kappa shape index (κ1) is 9.00. The lowest BCUT2D eigenvalue weighted by Crippen LogP contribution is -2.31. The van der Waals surface area contributed by atoms with Gasteiger partial charge in [0.1, 0.15) is 0 Å². The monoisotopic (exact) mass is 197 g/mol. The van der Waals surface area contributed by atoms with Gasteiger partial charge in [0.05, 0.1) is 18.8 Å². The van der Waals surface area contributed by atoms with E-state index in [0.717, 1.165) is 16.1 Å². The topological polar surface area (TPSA) is 35.2 Å². The van der Waals surface area contributed by atoms with Gasteiger partial charge in [-0.05, 0) is 18.6 Å². The normalized spacial score (nSPS) is 27.0. The summed E-state index contributed by atoms with van der Waals surface area (Å²) in [6, 6.07) is 5.76. The molecule has 1 aliphatic heterocycles. The lowest BCUT2D eigenvalue weighted by Gasteiger charge is -2.29. The maximum absolute atomic E-state index is 6.02. The van der Waals surface area contributed by atoms with Crippen LogP contribution in [-0.2, 0) is 11.3 Å². The van der Waals surface area contributed by atoms with E-state index in [2.05, 4.69) is 0 Å². The number of halogens is 1. The molecule has 0 aromatic heterocycles. The summed E-state index contributed by atoms with van der Waals surface area (Å²) >= 11 is 6.02. The van der Waals surface area contributed by atoms with Crippen LogP contribution in [0.4, 0.5) is 0 Å². The largest absolute Gasteiger partial charge is 0.372 e. The van der Waals surface area contributed by atoms with Gasteiger partial charge >= 0.3 is 0 Å². The number of hydrogen-bond acceptors (Lipinski definition) is 2. The lowest BCUT2D eigenvalue weighted by atomic mass is 9.95. The highest BCUT2D eigenvalue weighted by Crippen LogP contribution is 2.31. The molecule has 3 heteroatoms. The van der Waals surface area contributed by atoms with E-state index in [1.807, 2.05) is 25.1 Å². The van der Waals surface area contributed by atoms with Gasteiger partial charge in [-0.1, -0.05) is 23.7 Å². The van der Waals surface area contributed by atoms with Crippen molar-refractivity contribution in [3.63, 3.8) is 0 Å². The maximum atomic E-state index is 6.02. The van der Waals surface area contributed by atoms with Gasteiger partial charge in [-0.2, -0.15) is 0 Å². The van der Waals surface area contributed by atoms with E-state index in [1.165, 1.54) is 0 Å². The van der Waals surface area contributed by atoms with Crippen LogP contribution in [-0.4, -0.2) is 6.10 Å². The predicted octanol–water partition coefficient (Wildman–Crippen LogP) is 2.26. The predicted molar refractivity (Wildman–Crippen MR) is 52.6 cm³/mol. The molecule has 70 valence electrons. The molecule has 13 heavy (non-hydrogen) atoms. The zero-order valence-electron chi connectivity index (χ0n) is 7.46. The Bertz CT molecular complexity index is 327. The second kappa shape index (κ2) is 3.29. The van der Waals surface area contributed by atoms with Gasteiger partial charge in [-0.25, -0.2) is 0 Å². The Hall–Kier alpha value is -0.570. The van der Waals surface area contributed by atoms with Crippen LogP contribution in [0.2, 0.25) is 5.02 Å². The van der Waals surface area contributed by atoms with Crippen molar-refractivity contribution in [2.75, 3.05) is 0 Å². The van der Waals surface area contributed by atoms with Crippen molar-refractivity contribution in [3.05, 3.63) is 34.3 Å². The molecule has 0 unspecified atom stereocenters. The molecule has 1 aromatic rings. The molecular formula is C10H12ClNO. The van der Waals surface area contributed by atoms with Crippen LogP contribution in [0.3, 0.4) is 0 Å². The second-order valence-electron chi connectivity index (χ2n) is 3.35. The fourth-order valence-corrected chi connectivity index (χ4v) is 1.85. The minimum atomic E-state index is -0.0533. The minimum absolute atomic E-state index is 0.0533. The summed E-state index contributed by atoms with van der Waals surface area (Å²) in [6.07, 6.45) is 0.0750. The highest BCUT2D eigenvalue weighted by atomic mass is 35.5. The van der Waals surface area contributed by atoms with Crippen LogP contribution in [0, 0.1) is 0 Å². The summed E-state index contributed by atoms with van der Waals surface area (Å²) in [5, 5.41) is 0.750. The first-order chi connectivity index (χ1) is 6.20. The Kier molecular flexibility index (Phi) is 2.28. The molecule has 2 N–H and O–H groups in total. The molecule has 0 saturated carbocycles. The minimum Gasteiger partial charge on any atom is -0.372 e. The number of nitrogens with two attached hydrogens (primary N) is 1. The van der Waals surface area contributed by atoms with E-state index in [-0.39, 0.29) is 12.1 Å². The summed E-state index contributed by atoms with van der Waals surface area (Å²) in [4.78, 5) is 0. The quantitative estimate of drug-likeness (QED) is 0.693. The zero-order chi connectivity index (χ0) is 9.42. The van der Waals surface area contributed by atoms with Crippen LogP contribution in [0.25, 0.3) is 0 Å². The summed E-state index contributed by atoms with van der Waals surface area (Å²) in [7, 11) is 0. The molecule has 1 aliphatic rings. The number of rotatable bonds is 0. The smallest absolute Gasteiger partial charge is 0.0744 e. The molecule has 2 rings (SSSR count). The molecule has 0 radical (unpaired) electrons. The van der Waals surface area contributed by atoms with Crippen LogP contribution in [0.1, 0.15) is 24.1 Å². The van der Waals surface area contributed by atoms with Crippen LogP contribution >= 0.6 is 11.6 Å². The van der Waals surface area contributed by atoms with Gasteiger partial charge in [-0.15, -0.1) is 0 Å². The van der Waals surface area contributed by atoms with E-state index in [0.29, 0.717) is 6.61 Å². The Morgan fingerprint density at radius 2 is 2.31 bits per heavy atom. The fourth-order valence-electron chi connectivity index (χ4n) is 1.61. The third kappa shape index (κ3) is 1.46. The van der Waals surface area contributed by atoms with Crippen molar-refractivity contribution >= 4 is 11.6 Å². The molecule has 1 heterocycles. The van der Waals surface area contributed by atoms with E-state index in [9.17, 15) is 0 Å². The Morgan fingerprint density at radius 1 is 1.54 bits per heavy atom. The van der Waals surface area contributed by atoms with Crippen LogP contribution in [0.15, 0.2) is 18.2 Å². The van der Waals surface area contributed by atoms with E-state index >= 15 is 0 Å². The third-order valence-corrected chi connectivity index (χ3v) is 2.86. The average Bonchev–Trinajstić information content (AvgIpc) is 2.12. The highest BCUT2D eigenvalue weighted by molar-refractivity contribution is 6.31. The molecule has 0 fully saturated rings. The van der Waals surface area contributed by atoms with Gasteiger partial charge in [0, 0.05) is 10.6 Å². The van der Waals surface area contributed by atoms with Crippen molar-refractivity contribution in [2.45, 2.75) is 25.7 Å². The van der Waals surface area contributed by atoms with Crippen molar-refractivity contribution in [3.8, 4) is 0 Å². The Morgan fingerprint density at radius 3 is 3.08 bits per heavy atom.